The number of nitrogens with zero attached hydrogens (tertiary/aromatic N) is 2. The number of nitro benzene ring substituents is 2. The maximum absolute atomic E-state index is 13.2. The van der Waals surface area contributed by atoms with Crippen LogP contribution in [0.5, 0.6) is 0 Å². The molecule has 0 radical (unpaired) electrons. The Bertz CT molecular complexity index is 1080. The third kappa shape index (κ3) is 6.03. The number of benzene rings is 3. The molecule has 0 saturated carbocycles. The summed E-state index contributed by atoms with van der Waals surface area (Å²) in [6.07, 6.45) is 0. The Labute approximate surface area is 169 Å². The van der Waals surface area contributed by atoms with Crippen LogP contribution in [0.15, 0.2) is 60.7 Å². The molecule has 0 heterocycles. The van der Waals surface area contributed by atoms with Crippen LogP contribution in [0.25, 0.3) is 0 Å². The van der Waals surface area contributed by atoms with Gasteiger partial charge in [-0.3, -0.25) is 20.2 Å². The molecule has 3 aromatic carbocycles. The van der Waals surface area contributed by atoms with Gasteiger partial charge in [-0.05, 0) is 30.2 Å². The van der Waals surface area contributed by atoms with Crippen molar-refractivity contribution in [1.29, 1.82) is 0 Å². The van der Waals surface area contributed by atoms with Crippen LogP contribution < -0.4 is 5.32 Å². The fourth-order valence-electron chi connectivity index (χ4n) is 2.44. The van der Waals surface area contributed by atoms with Gasteiger partial charge in [0.25, 0.3) is 5.69 Å². The van der Waals surface area contributed by atoms with Crippen LogP contribution in [0.4, 0.5) is 30.2 Å². The highest BCUT2D eigenvalue weighted by Crippen LogP contribution is 2.25. The smallest absolute Gasteiger partial charge is 0.304 e. The molecule has 0 aromatic heterocycles. The maximum atomic E-state index is 13.2. The SMILES string of the molecule is Cc1ccccc1CNc1cc(F)ccc1[N+](=O)[O-].O=[N+]([O-])c1ccc(F)cc1F. The largest absolute Gasteiger partial charge is 0.375 e. The second kappa shape index (κ2) is 10.0. The summed E-state index contributed by atoms with van der Waals surface area (Å²) in [6.45, 7) is 2.37. The first-order chi connectivity index (χ1) is 14.2. The number of hydrogen-bond acceptors (Lipinski definition) is 5. The van der Waals surface area contributed by atoms with E-state index in [0.29, 0.717) is 12.6 Å². The van der Waals surface area contributed by atoms with Gasteiger partial charge >= 0.3 is 5.69 Å². The first-order valence-electron chi connectivity index (χ1n) is 8.50. The third-order valence-corrected chi connectivity index (χ3v) is 3.99. The van der Waals surface area contributed by atoms with Gasteiger partial charge in [0, 0.05) is 30.8 Å². The summed E-state index contributed by atoms with van der Waals surface area (Å²) >= 11 is 0. The molecule has 10 heteroatoms. The molecule has 0 amide bonds. The number of anilines is 1. The lowest BCUT2D eigenvalue weighted by atomic mass is 10.1. The lowest BCUT2D eigenvalue weighted by Crippen LogP contribution is -2.04. The van der Waals surface area contributed by atoms with E-state index < -0.39 is 33.0 Å². The molecule has 0 aliphatic heterocycles. The van der Waals surface area contributed by atoms with Crippen molar-refractivity contribution in [3.8, 4) is 0 Å². The zero-order valence-electron chi connectivity index (χ0n) is 15.6. The maximum Gasteiger partial charge on any atom is 0.304 e. The topological polar surface area (TPSA) is 98.3 Å². The number of aryl methyl sites for hydroxylation is 1. The quantitative estimate of drug-likeness (QED) is 0.433. The van der Waals surface area contributed by atoms with Crippen LogP contribution in [0.3, 0.4) is 0 Å². The van der Waals surface area contributed by atoms with Gasteiger partial charge in [-0.1, -0.05) is 24.3 Å². The highest BCUT2D eigenvalue weighted by atomic mass is 19.1. The standard InChI is InChI=1S/C14H13FN2O2.C6H3F2NO2/c1-10-4-2-3-5-11(10)9-16-13-8-12(15)6-7-14(13)17(18)19;7-4-1-2-6(9(10)11)5(8)3-4/h2-8,16H,9H2,1H3;1-3H. The zero-order valence-corrected chi connectivity index (χ0v) is 15.6. The zero-order chi connectivity index (χ0) is 22.3. The molecular formula is C20H16F3N3O4. The van der Waals surface area contributed by atoms with E-state index in [4.69, 9.17) is 0 Å². The Hall–Kier alpha value is -3.95. The second-order valence-electron chi connectivity index (χ2n) is 6.05. The van der Waals surface area contributed by atoms with Crippen molar-refractivity contribution < 1.29 is 23.0 Å². The highest BCUT2D eigenvalue weighted by Gasteiger charge is 2.14. The van der Waals surface area contributed by atoms with Gasteiger partial charge in [0.1, 0.15) is 17.3 Å². The molecule has 0 aliphatic carbocycles. The molecule has 0 bridgehead atoms. The Balaban J connectivity index is 0.000000248. The predicted molar refractivity (Wildman–Crippen MR) is 105 cm³/mol. The van der Waals surface area contributed by atoms with Crippen molar-refractivity contribution >= 4 is 17.1 Å². The monoisotopic (exact) mass is 419 g/mol. The Kier molecular flexibility index (Phi) is 7.45. The van der Waals surface area contributed by atoms with E-state index in [9.17, 15) is 33.4 Å². The Morgan fingerprint density at radius 3 is 1.97 bits per heavy atom. The van der Waals surface area contributed by atoms with E-state index in [-0.39, 0.29) is 11.4 Å². The molecule has 0 fully saturated rings. The van der Waals surface area contributed by atoms with Crippen LogP contribution in [0.2, 0.25) is 0 Å². The summed E-state index contributed by atoms with van der Waals surface area (Å²) in [6, 6.07) is 13.2. The summed E-state index contributed by atoms with van der Waals surface area (Å²) in [5.41, 5.74) is 1.43. The normalized spacial score (nSPS) is 10.0. The first kappa shape index (κ1) is 22.3. The Morgan fingerprint density at radius 2 is 1.40 bits per heavy atom. The minimum Gasteiger partial charge on any atom is -0.375 e. The fourth-order valence-corrected chi connectivity index (χ4v) is 2.44. The van der Waals surface area contributed by atoms with Crippen LogP contribution in [-0.2, 0) is 6.54 Å². The second-order valence-corrected chi connectivity index (χ2v) is 6.05. The van der Waals surface area contributed by atoms with E-state index in [1.807, 2.05) is 31.2 Å². The van der Waals surface area contributed by atoms with E-state index in [2.05, 4.69) is 5.32 Å². The van der Waals surface area contributed by atoms with Gasteiger partial charge in [-0.15, -0.1) is 0 Å². The molecule has 0 aliphatic rings. The molecular weight excluding hydrogens is 403 g/mol. The van der Waals surface area contributed by atoms with Gasteiger partial charge in [-0.25, -0.2) is 8.78 Å². The summed E-state index contributed by atoms with van der Waals surface area (Å²) in [7, 11) is 0. The van der Waals surface area contributed by atoms with Crippen molar-refractivity contribution in [2.24, 2.45) is 0 Å². The molecule has 0 spiro atoms. The number of rotatable bonds is 5. The van der Waals surface area contributed by atoms with Crippen molar-refractivity contribution in [2.75, 3.05) is 5.32 Å². The average molecular weight is 419 g/mol. The third-order valence-electron chi connectivity index (χ3n) is 3.99. The molecule has 0 saturated heterocycles. The Morgan fingerprint density at radius 1 is 0.833 bits per heavy atom. The van der Waals surface area contributed by atoms with Crippen molar-refractivity contribution in [3.05, 3.63) is 109 Å². The highest BCUT2D eigenvalue weighted by molar-refractivity contribution is 5.61. The molecule has 7 nitrogen and oxygen atoms in total. The van der Waals surface area contributed by atoms with Gasteiger partial charge in [0.2, 0.25) is 5.82 Å². The number of hydrogen-bond donors (Lipinski definition) is 1. The summed E-state index contributed by atoms with van der Waals surface area (Å²) in [4.78, 5) is 19.4. The summed E-state index contributed by atoms with van der Waals surface area (Å²) in [5.74, 6) is -2.49. The van der Waals surface area contributed by atoms with Crippen LogP contribution in [-0.4, -0.2) is 9.85 Å². The summed E-state index contributed by atoms with van der Waals surface area (Å²) in [5, 5.41) is 23.7. The average Bonchev–Trinajstić information content (AvgIpc) is 2.67. The lowest BCUT2D eigenvalue weighted by Gasteiger charge is -2.09. The van der Waals surface area contributed by atoms with E-state index in [0.717, 1.165) is 41.5 Å². The lowest BCUT2D eigenvalue weighted by molar-refractivity contribution is -0.387. The van der Waals surface area contributed by atoms with Gasteiger partial charge in [0.05, 0.1) is 9.85 Å². The fraction of sp³-hybridized carbons (Fsp3) is 0.100. The number of nitro groups is 2. The van der Waals surface area contributed by atoms with E-state index in [1.54, 1.807) is 0 Å². The van der Waals surface area contributed by atoms with Gasteiger partial charge < -0.3 is 5.32 Å². The van der Waals surface area contributed by atoms with E-state index in [1.165, 1.54) is 0 Å². The van der Waals surface area contributed by atoms with Crippen LogP contribution in [0.1, 0.15) is 11.1 Å². The molecule has 0 unspecified atom stereocenters. The number of nitrogens with one attached hydrogen (secondary N) is 1. The predicted octanol–water partition coefficient (Wildman–Crippen LogP) is 5.53. The molecule has 3 aromatic rings. The van der Waals surface area contributed by atoms with Crippen molar-refractivity contribution in [1.82, 2.24) is 0 Å². The molecule has 156 valence electrons. The molecule has 3 rings (SSSR count). The van der Waals surface area contributed by atoms with Crippen LogP contribution >= 0.6 is 0 Å². The molecule has 30 heavy (non-hydrogen) atoms. The van der Waals surface area contributed by atoms with E-state index >= 15 is 0 Å². The minimum atomic E-state index is -1.16. The minimum absolute atomic E-state index is 0.130. The molecule has 0 atom stereocenters. The summed E-state index contributed by atoms with van der Waals surface area (Å²) < 4.78 is 37.7. The molecule has 1 N–H and O–H groups in total. The first-order valence-corrected chi connectivity index (χ1v) is 8.50. The van der Waals surface area contributed by atoms with Crippen molar-refractivity contribution in [2.45, 2.75) is 13.5 Å². The van der Waals surface area contributed by atoms with Gasteiger partial charge in [-0.2, -0.15) is 4.39 Å². The van der Waals surface area contributed by atoms with Crippen LogP contribution in [0, 0.1) is 44.6 Å². The number of halogens is 3. The van der Waals surface area contributed by atoms with Crippen molar-refractivity contribution in [3.63, 3.8) is 0 Å². The van der Waals surface area contributed by atoms with Gasteiger partial charge in [0.15, 0.2) is 0 Å².